The number of benzene rings is 1. The summed E-state index contributed by atoms with van der Waals surface area (Å²) in [7, 11) is -3.34. The maximum absolute atomic E-state index is 11.7. The average molecular weight is 300 g/mol. The zero-order chi connectivity index (χ0) is 14.8. The molecule has 112 valence electrons. The van der Waals surface area contributed by atoms with E-state index in [9.17, 15) is 13.2 Å². The summed E-state index contributed by atoms with van der Waals surface area (Å²) in [5.74, 6) is -0.0361. The van der Waals surface area contributed by atoms with Crippen LogP contribution in [-0.2, 0) is 19.0 Å². The summed E-state index contributed by atoms with van der Waals surface area (Å²) in [6.07, 6.45) is 3.26. The van der Waals surface area contributed by atoms with Crippen LogP contribution in [0, 0.1) is 0 Å². The second-order valence-electron chi connectivity index (χ2n) is 4.43. The molecule has 0 spiro atoms. The van der Waals surface area contributed by atoms with E-state index < -0.39 is 10.1 Å². The van der Waals surface area contributed by atoms with Gasteiger partial charge in [0.25, 0.3) is 10.1 Å². The Morgan fingerprint density at radius 3 is 2.35 bits per heavy atom. The Kier molecular flexibility index (Phi) is 7.43. The Balaban J connectivity index is 2.01. The molecule has 20 heavy (non-hydrogen) atoms. The van der Waals surface area contributed by atoms with Crippen LogP contribution >= 0.6 is 0 Å². The van der Waals surface area contributed by atoms with Crippen molar-refractivity contribution < 1.29 is 22.1 Å². The van der Waals surface area contributed by atoms with Crippen LogP contribution in [0.1, 0.15) is 29.6 Å². The minimum absolute atomic E-state index is 0.0361. The average Bonchev–Trinajstić information content (AvgIpc) is 2.41. The molecule has 0 radical (unpaired) electrons. The lowest BCUT2D eigenvalue weighted by Crippen LogP contribution is -2.10. The van der Waals surface area contributed by atoms with E-state index in [1.807, 2.05) is 18.2 Å². The van der Waals surface area contributed by atoms with Crippen molar-refractivity contribution in [3.63, 3.8) is 0 Å². The highest BCUT2D eigenvalue weighted by molar-refractivity contribution is 7.85. The lowest BCUT2D eigenvalue weighted by molar-refractivity contribution is 0.0751. The summed E-state index contributed by atoms with van der Waals surface area (Å²) in [5, 5.41) is 0. The standard InChI is InChI=1S/C14H20O5S/c1-20(16,17)19-11-7-3-6-10-18-12-14(15)13-8-4-2-5-9-13/h2,4-5,8-9H,3,6-7,10-12H2,1H3. The predicted octanol–water partition coefficient (Wildman–Crippen LogP) is 2.03. The molecule has 0 amide bonds. The Bertz CT molecular complexity index is 496. The Morgan fingerprint density at radius 2 is 1.70 bits per heavy atom. The molecule has 0 fully saturated rings. The van der Waals surface area contributed by atoms with E-state index in [4.69, 9.17) is 4.74 Å². The van der Waals surface area contributed by atoms with E-state index in [1.54, 1.807) is 12.1 Å². The monoisotopic (exact) mass is 300 g/mol. The van der Waals surface area contributed by atoms with Crippen molar-refractivity contribution in [3.8, 4) is 0 Å². The van der Waals surface area contributed by atoms with Gasteiger partial charge in [0.15, 0.2) is 5.78 Å². The number of carbonyl (C=O) groups excluding carboxylic acids is 1. The number of ketones is 1. The van der Waals surface area contributed by atoms with Crippen molar-refractivity contribution >= 4 is 15.9 Å². The van der Waals surface area contributed by atoms with Crippen LogP contribution in [0.15, 0.2) is 30.3 Å². The van der Waals surface area contributed by atoms with Crippen LogP contribution < -0.4 is 0 Å². The van der Waals surface area contributed by atoms with Gasteiger partial charge < -0.3 is 4.74 Å². The smallest absolute Gasteiger partial charge is 0.264 e. The predicted molar refractivity (Wildman–Crippen MR) is 76.2 cm³/mol. The van der Waals surface area contributed by atoms with E-state index in [2.05, 4.69) is 4.18 Å². The number of ether oxygens (including phenoxy) is 1. The third-order valence-corrected chi connectivity index (χ3v) is 3.15. The zero-order valence-corrected chi connectivity index (χ0v) is 12.4. The van der Waals surface area contributed by atoms with E-state index in [-0.39, 0.29) is 19.0 Å². The van der Waals surface area contributed by atoms with E-state index >= 15 is 0 Å². The molecule has 6 heteroatoms. The third kappa shape index (κ3) is 8.04. The number of unbranched alkanes of at least 4 members (excludes halogenated alkanes) is 2. The molecule has 0 aliphatic carbocycles. The minimum Gasteiger partial charge on any atom is -0.373 e. The van der Waals surface area contributed by atoms with Crippen LogP contribution in [-0.4, -0.2) is 40.3 Å². The molecule has 5 nitrogen and oxygen atoms in total. The molecule has 0 N–H and O–H groups in total. The number of rotatable bonds is 10. The lowest BCUT2D eigenvalue weighted by Gasteiger charge is -2.04. The quantitative estimate of drug-likeness (QED) is 0.376. The molecule has 0 atom stereocenters. The van der Waals surface area contributed by atoms with Gasteiger partial charge >= 0.3 is 0 Å². The molecule has 1 aromatic rings. The van der Waals surface area contributed by atoms with Crippen molar-refractivity contribution in [2.45, 2.75) is 19.3 Å². The van der Waals surface area contributed by atoms with Crippen LogP contribution in [0.3, 0.4) is 0 Å². The Labute approximate surface area is 120 Å². The van der Waals surface area contributed by atoms with Crippen LogP contribution in [0.2, 0.25) is 0 Å². The fourth-order valence-electron chi connectivity index (χ4n) is 1.57. The molecule has 0 saturated carbocycles. The Hall–Kier alpha value is -1.24. The minimum atomic E-state index is -3.34. The molecular weight excluding hydrogens is 280 g/mol. The summed E-state index contributed by atoms with van der Waals surface area (Å²) in [4.78, 5) is 11.7. The largest absolute Gasteiger partial charge is 0.373 e. The second kappa shape index (κ2) is 8.84. The van der Waals surface area contributed by atoms with Gasteiger partial charge in [0.1, 0.15) is 6.61 Å². The van der Waals surface area contributed by atoms with Crippen LogP contribution in [0.4, 0.5) is 0 Å². The van der Waals surface area contributed by atoms with Crippen molar-refractivity contribution in [2.24, 2.45) is 0 Å². The number of hydrogen-bond acceptors (Lipinski definition) is 5. The van der Waals surface area contributed by atoms with Gasteiger partial charge in [0, 0.05) is 12.2 Å². The van der Waals surface area contributed by atoms with Gasteiger partial charge in [-0.05, 0) is 19.3 Å². The molecule has 0 bridgehead atoms. The van der Waals surface area contributed by atoms with Gasteiger partial charge in [-0.3, -0.25) is 8.98 Å². The summed E-state index contributed by atoms with van der Waals surface area (Å²) >= 11 is 0. The highest BCUT2D eigenvalue weighted by atomic mass is 32.2. The second-order valence-corrected chi connectivity index (χ2v) is 6.07. The molecule has 0 unspecified atom stereocenters. The van der Waals surface area contributed by atoms with Gasteiger partial charge in [-0.15, -0.1) is 0 Å². The SMILES string of the molecule is CS(=O)(=O)OCCCCCOCC(=O)c1ccccc1. The third-order valence-electron chi connectivity index (χ3n) is 2.56. The molecular formula is C14H20O5S. The number of carbonyl (C=O) groups is 1. The maximum Gasteiger partial charge on any atom is 0.264 e. The molecule has 0 aromatic heterocycles. The van der Waals surface area contributed by atoms with Gasteiger partial charge in [-0.25, -0.2) is 0 Å². The van der Waals surface area contributed by atoms with E-state index in [0.29, 0.717) is 18.6 Å². The highest BCUT2D eigenvalue weighted by Crippen LogP contribution is 2.02. The molecule has 0 saturated heterocycles. The first-order valence-corrected chi connectivity index (χ1v) is 8.31. The molecule has 0 aliphatic heterocycles. The normalized spacial score (nSPS) is 11.4. The summed E-state index contributed by atoms with van der Waals surface area (Å²) < 4.78 is 31.3. The first-order chi connectivity index (χ1) is 9.49. The zero-order valence-electron chi connectivity index (χ0n) is 11.6. The maximum atomic E-state index is 11.7. The van der Waals surface area contributed by atoms with E-state index in [1.165, 1.54) is 0 Å². The van der Waals surface area contributed by atoms with Crippen molar-refractivity contribution in [1.82, 2.24) is 0 Å². The number of hydrogen-bond donors (Lipinski definition) is 0. The van der Waals surface area contributed by atoms with Crippen molar-refractivity contribution in [3.05, 3.63) is 35.9 Å². The molecule has 0 heterocycles. The van der Waals surface area contributed by atoms with Gasteiger partial charge in [0.2, 0.25) is 0 Å². The van der Waals surface area contributed by atoms with Crippen molar-refractivity contribution in [2.75, 3.05) is 26.1 Å². The van der Waals surface area contributed by atoms with Gasteiger partial charge in [-0.2, -0.15) is 8.42 Å². The summed E-state index contributed by atoms with van der Waals surface area (Å²) in [6.45, 7) is 0.753. The first-order valence-electron chi connectivity index (χ1n) is 6.49. The first kappa shape index (κ1) is 16.8. The molecule has 0 aliphatic rings. The molecule has 1 rings (SSSR count). The fraction of sp³-hybridized carbons (Fsp3) is 0.500. The lowest BCUT2D eigenvalue weighted by atomic mass is 10.1. The number of Topliss-reactive ketones (excluding diaryl/α,β-unsaturated/α-hetero) is 1. The fourth-order valence-corrected chi connectivity index (χ4v) is 1.99. The van der Waals surface area contributed by atoms with Crippen LogP contribution in [0.5, 0.6) is 0 Å². The summed E-state index contributed by atoms with van der Waals surface area (Å²) in [5.41, 5.74) is 0.647. The van der Waals surface area contributed by atoms with Crippen LogP contribution in [0.25, 0.3) is 0 Å². The van der Waals surface area contributed by atoms with Gasteiger partial charge in [-0.1, -0.05) is 30.3 Å². The van der Waals surface area contributed by atoms with Gasteiger partial charge in [0.05, 0.1) is 12.9 Å². The molecule has 1 aromatic carbocycles. The highest BCUT2D eigenvalue weighted by Gasteiger charge is 2.04. The van der Waals surface area contributed by atoms with Crippen molar-refractivity contribution in [1.29, 1.82) is 0 Å². The topological polar surface area (TPSA) is 69.7 Å². The van der Waals surface area contributed by atoms with E-state index in [0.717, 1.165) is 19.1 Å². The Morgan fingerprint density at radius 1 is 1.05 bits per heavy atom. The summed E-state index contributed by atoms with van der Waals surface area (Å²) in [6, 6.07) is 9.00.